The van der Waals surface area contributed by atoms with Gasteiger partial charge in [-0.3, -0.25) is 0 Å². The van der Waals surface area contributed by atoms with Gasteiger partial charge in [0.15, 0.2) is 0 Å². The van der Waals surface area contributed by atoms with Gasteiger partial charge in [-0.25, -0.2) is 22.5 Å². The van der Waals surface area contributed by atoms with Gasteiger partial charge >= 0.3 is 6.03 Å². The maximum absolute atomic E-state index is 12.2. The highest BCUT2D eigenvalue weighted by molar-refractivity contribution is 7.88. The Labute approximate surface area is 153 Å². The summed E-state index contributed by atoms with van der Waals surface area (Å²) in [6.07, 6.45) is 6.26. The molecule has 1 aliphatic heterocycles. The second-order valence-corrected chi connectivity index (χ2v) is 8.49. The average molecular weight is 377 g/mol. The van der Waals surface area contributed by atoms with Crippen molar-refractivity contribution in [1.29, 1.82) is 0 Å². The van der Waals surface area contributed by atoms with E-state index in [1.165, 1.54) is 10.6 Å². The van der Waals surface area contributed by atoms with Crippen molar-refractivity contribution >= 4 is 21.7 Å². The van der Waals surface area contributed by atoms with Gasteiger partial charge in [0.05, 0.1) is 24.5 Å². The molecule has 3 N–H and O–H groups in total. The summed E-state index contributed by atoms with van der Waals surface area (Å²) in [7, 11) is -3.18. The number of aromatic amines is 1. The number of carbonyl (C=O) groups excluding carboxylic acids is 1. The van der Waals surface area contributed by atoms with Gasteiger partial charge in [-0.2, -0.15) is 0 Å². The molecule has 140 valence electrons. The Balaban J connectivity index is 1.52. The number of nitrogens with zero attached hydrogens (tertiary/aromatic N) is 2. The van der Waals surface area contributed by atoms with Gasteiger partial charge < -0.3 is 15.6 Å². The molecule has 0 aliphatic carbocycles. The molecule has 1 aliphatic rings. The van der Waals surface area contributed by atoms with Crippen molar-refractivity contribution in [3.8, 4) is 11.3 Å². The number of rotatable bonds is 5. The molecular formula is C17H23N5O3S. The lowest BCUT2D eigenvalue weighted by Crippen LogP contribution is -2.43. The monoisotopic (exact) mass is 377 g/mol. The standard InChI is InChI=1S/C17H23N5O3S/c1-26(24,25)22-7-3-4-13(11-22)9-19-17(23)21-15-6-2-5-14(8-15)16-10-18-12-20-16/h2,5-6,8,10,12-13H,3-4,7,9,11H2,1H3,(H,18,20)(H2,19,21,23). The maximum atomic E-state index is 12.2. The van der Waals surface area contributed by atoms with Crippen molar-refractivity contribution in [3.05, 3.63) is 36.8 Å². The summed E-state index contributed by atoms with van der Waals surface area (Å²) in [4.78, 5) is 19.2. The molecule has 3 rings (SSSR count). The number of H-pyrrole nitrogens is 1. The Hall–Kier alpha value is -2.39. The zero-order chi connectivity index (χ0) is 18.6. The van der Waals surface area contributed by atoms with E-state index in [2.05, 4.69) is 20.6 Å². The van der Waals surface area contributed by atoms with Gasteiger partial charge in [0.25, 0.3) is 0 Å². The Morgan fingerprint density at radius 1 is 1.42 bits per heavy atom. The fraction of sp³-hybridized carbons (Fsp3) is 0.412. The van der Waals surface area contributed by atoms with Crippen LogP contribution in [-0.2, 0) is 10.0 Å². The molecule has 1 atom stereocenters. The van der Waals surface area contributed by atoms with Crippen LogP contribution in [0.3, 0.4) is 0 Å². The summed E-state index contributed by atoms with van der Waals surface area (Å²) >= 11 is 0. The minimum absolute atomic E-state index is 0.126. The van der Waals surface area contributed by atoms with Gasteiger partial charge in [0.2, 0.25) is 10.0 Å². The summed E-state index contributed by atoms with van der Waals surface area (Å²) in [6.45, 7) is 1.45. The molecule has 26 heavy (non-hydrogen) atoms. The lowest BCUT2D eigenvalue weighted by atomic mass is 10.00. The normalized spacial score (nSPS) is 18.4. The minimum atomic E-state index is -3.18. The van der Waals surface area contributed by atoms with E-state index < -0.39 is 10.0 Å². The third kappa shape index (κ3) is 4.83. The molecule has 0 saturated carbocycles. The van der Waals surface area contributed by atoms with E-state index >= 15 is 0 Å². The molecule has 9 heteroatoms. The third-order valence-electron chi connectivity index (χ3n) is 4.43. The first-order valence-electron chi connectivity index (χ1n) is 8.50. The number of piperidine rings is 1. The molecule has 2 aromatic rings. The van der Waals surface area contributed by atoms with Crippen LogP contribution in [0.2, 0.25) is 0 Å². The zero-order valence-electron chi connectivity index (χ0n) is 14.6. The van der Waals surface area contributed by atoms with Crippen molar-refractivity contribution in [1.82, 2.24) is 19.6 Å². The third-order valence-corrected chi connectivity index (χ3v) is 5.70. The summed E-state index contributed by atoms with van der Waals surface area (Å²) in [6, 6.07) is 7.16. The molecule has 1 aromatic carbocycles. The number of sulfonamides is 1. The molecule has 1 unspecified atom stereocenters. The van der Waals surface area contributed by atoms with Crippen LogP contribution in [0.25, 0.3) is 11.3 Å². The van der Waals surface area contributed by atoms with E-state index in [1.54, 1.807) is 12.5 Å². The van der Waals surface area contributed by atoms with Crippen LogP contribution in [0, 0.1) is 5.92 Å². The number of aromatic nitrogens is 2. The number of hydrogen-bond donors (Lipinski definition) is 3. The number of anilines is 1. The molecule has 1 fully saturated rings. The van der Waals surface area contributed by atoms with Crippen LogP contribution in [0.15, 0.2) is 36.8 Å². The number of amides is 2. The van der Waals surface area contributed by atoms with Crippen molar-refractivity contribution in [2.45, 2.75) is 12.8 Å². The number of benzene rings is 1. The Kier molecular flexibility index (Phi) is 5.58. The smallest absolute Gasteiger partial charge is 0.319 e. The maximum Gasteiger partial charge on any atom is 0.319 e. The fourth-order valence-electron chi connectivity index (χ4n) is 3.09. The largest absolute Gasteiger partial charge is 0.345 e. The van der Waals surface area contributed by atoms with Gasteiger partial charge in [-0.15, -0.1) is 0 Å². The van der Waals surface area contributed by atoms with Crippen LogP contribution >= 0.6 is 0 Å². The van der Waals surface area contributed by atoms with Crippen molar-refractivity contribution in [2.24, 2.45) is 5.92 Å². The van der Waals surface area contributed by atoms with Crippen LogP contribution < -0.4 is 10.6 Å². The first-order valence-corrected chi connectivity index (χ1v) is 10.4. The quantitative estimate of drug-likeness (QED) is 0.739. The van der Waals surface area contributed by atoms with Crippen LogP contribution in [0.5, 0.6) is 0 Å². The number of nitrogens with one attached hydrogen (secondary N) is 3. The highest BCUT2D eigenvalue weighted by Gasteiger charge is 2.25. The molecule has 2 heterocycles. The molecule has 0 bridgehead atoms. The van der Waals surface area contributed by atoms with E-state index in [0.717, 1.165) is 24.1 Å². The van der Waals surface area contributed by atoms with Crippen LogP contribution in [0.1, 0.15) is 12.8 Å². The summed E-state index contributed by atoms with van der Waals surface area (Å²) in [5.41, 5.74) is 2.48. The number of hydrogen-bond acceptors (Lipinski definition) is 4. The van der Waals surface area contributed by atoms with E-state index in [-0.39, 0.29) is 11.9 Å². The van der Waals surface area contributed by atoms with Gasteiger partial charge in [0, 0.05) is 30.9 Å². The van der Waals surface area contributed by atoms with E-state index in [0.29, 0.717) is 25.3 Å². The minimum Gasteiger partial charge on any atom is -0.345 e. The molecule has 0 spiro atoms. The van der Waals surface area contributed by atoms with Crippen molar-refractivity contribution in [3.63, 3.8) is 0 Å². The molecular weight excluding hydrogens is 354 g/mol. The predicted molar refractivity (Wildman–Crippen MR) is 100 cm³/mol. The van der Waals surface area contributed by atoms with Crippen molar-refractivity contribution < 1.29 is 13.2 Å². The average Bonchev–Trinajstić information content (AvgIpc) is 3.14. The molecule has 8 nitrogen and oxygen atoms in total. The molecule has 1 aromatic heterocycles. The lowest BCUT2D eigenvalue weighted by Gasteiger charge is -2.30. The zero-order valence-corrected chi connectivity index (χ0v) is 15.4. The van der Waals surface area contributed by atoms with Crippen LogP contribution in [-0.4, -0.2) is 54.6 Å². The molecule has 2 amide bonds. The van der Waals surface area contributed by atoms with Crippen LogP contribution in [0.4, 0.5) is 10.5 Å². The second-order valence-electron chi connectivity index (χ2n) is 6.51. The fourth-order valence-corrected chi connectivity index (χ4v) is 4.03. The molecule has 0 radical (unpaired) electrons. The topological polar surface area (TPSA) is 107 Å². The summed E-state index contributed by atoms with van der Waals surface area (Å²) < 4.78 is 24.8. The Morgan fingerprint density at radius 3 is 3.00 bits per heavy atom. The Morgan fingerprint density at radius 2 is 2.27 bits per heavy atom. The van der Waals surface area contributed by atoms with Gasteiger partial charge in [-0.1, -0.05) is 12.1 Å². The first kappa shape index (κ1) is 18.4. The summed E-state index contributed by atoms with van der Waals surface area (Å²) in [5, 5.41) is 5.64. The van der Waals surface area contributed by atoms with E-state index in [9.17, 15) is 13.2 Å². The van der Waals surface area contributed by atoms with E-state index in [4.69, 9.17) is 0 Å². The predicted octanol–water partition coefficient (Wildman–Crippen LogP) is 1.87. The van der Waals surface area contributed by atoms with Gasteiger partial charge in [0.1, 0.15) is 0 Å². The van der Waals surface area contributed by atoms with Crippen molar-refractivity contribution in [2.75, 3.05) is 31.2 Å². The summed E-state index contributed by atoms with van der Waals surface area (Å²) in [5.74, 6) is 0.126. The second kappa shape index (κ2) is 7.88. The number of carbonyl (C=O) groups is 1. The highest BCUT2D eigenvalue weighted by Crippen LogP contribution is 2.20. The number of imidazole rings is 1. The highest BCUT2D eigenvalue weighted by atomic mass is 32.2. The molecule has 1 saturated heterocycles. The lowest BCUT2D eigenvalue weighted by molar-refractivity contribution is 0.239. The SMILES string of the molecule is CS(=O)(=O)N1CCCC(CNC(=O)Nc2cccc(-c3cnc[nH]3)c2)C1. The Bertz CT molecular complexity index is 851. The van der Waals surface area contributed by atoms with Gasteiger partial charge in [-0.05, 0) is 30.9 Å². The number of urea groups is 1. The van der Waals surface area contributed by atoms with E-state index in [1.807, 2.05) is 24.3 Å². The first-order chi connectivity index (χ1) is 12.4.